The summed E-state index contributed by atoms with van der Waals surface area (Å²) in [5.74, 6) is 3.90. The minimum Gasteiger partial charge on any atom is -0.465 e. The Morgan fingerprint density at radius 2 is 1.64 bits per heavy atom. The van der Waals surface area contributed by atoms with Crippen LogP contribution >= 0.6 is 0 Å². The number of fused-ring (bicyclic) bond motifs is 5. The summed E-state index contributed by atoms with van der Waals surface area (Å²) in [5.41, 5.74) is -0.508. The Labute approximate surface area is 265 Å². The number of carbonyl (C=O) groups is 2. The monoisotopic (exact) mass is 618 g/mol. The van der Waals surface area contributed by atoms with Gasteiger partial charge in [-0.3, -0.25) is 4.79 Å². The number of unbranched alkanes of at least 4 members (excludes halogenated alkanes) is 1. The van der Waals surface area contributed by atoms with Crippen LogP contribution < -0.4 is 5.32 Å². The molecule has 0 aromatic carbocycles. The molecule has 252 valence electrons. The van der Waals surface area contributed by atoms with E-state index in [1.54, 1.807) is 0 Å². The van der Waals surface area contributed by atoms with Gasteiger partial charge in [0.15, 0.2) is 0 Å². The molecule has 2 amide bonds. The van der Waals surface area contributed by atoms with Crippen LogP contribution in [0.1, 0.15) is 130 Å². The summed E-state index contributed by atoms with van der Waals surface area (Å²) in [4.78, 5) is 27.6. The summed E-state index contributed by atoms with van der Waals surface area (Å²) >= 11 is 0. The van der Waals surface area contributed by atoms with Crippen LogP contribution in [0.15, 0.2) is 0 Å². The highest BCUT2D eigenvalue weighted by molar-refractivity contribution is 5.90. The van der Waals surface area contributed by atoms with Gasteiger partial charge in [-0.15, -0.1) is 0 Å². The summed E-state index contributed by atoms with van der Waals surface area (Å²) in [7, 11) is 0. The van der Waals surface area contributed by atoms with Gasteiger partial charge in [-0.05, 0) is 123 Å². The Kier molecular flexibility index (Phi) is 10.3. The summed E-state index contributed by atoms with van der Waals surface area (Å²) in [5, 5.41) is 43.1. The number of nitrogens with zero attached hydrogens (tertiary/aromatic N) is 1. The van der Waals surface area contributed by atoms with Crippen molar-refractivity contribution in [3.63, 3.8) is 0 Å². The van der Waals surface area contributed by atoms with Gasteiger partial charge in [0.2, 0.25) is 5.91 Å². The van der Waals surface area contributed by atoms with E-state index in [2.05, 4.69) is 26.1 Å². The highest BCUT2D eigenvalue weighted by Gasteiger charge is 2.60. The van der Waals surface area contributed by atoms with Crippen molar-refractivity contribution < 1.29 is 30.0 Å². The third-order valence-corrected chi connectivity index (χ3v) is 14.2. The lowest BCUT2D eigenvalue weighted by Crippen LogP contribution is -2.60. The molecule has 5 N–H and O–H groups in total. The van der Waals surface area contributed by atoms with Crippen LogP contribution in [0.4, 0.5) is 4.79 Å². The number of hydrogen-bond acceptors (Lipinski definition) is 5. The average molecular weight is 619 g/mol. The van der Waals surface area contributed by atoms with Gasteiger partial charge in [0.1, 0.15) is 5.54 Å². The number of aliphatic hydroxyl groups excluding tert-OH is 3. The van der Waals surface area contributed by atoms with Crippen molar-refractivity contribution >= 4 is 12.0 Å². The van der Waals surface area contributed by atoms with Crippen LogP contribution in [-0.4, -0.2) is 74.3 Å². The summed E-state index contributed by atoms with van der Waals surface area (Å²) in [6.07, 6.45) is 13.4. The number of likely N-dealkylation sites (tertiary alicyclic amines) is 1. The molecule has 12 atom stereocenters. The van der Waals surface area contributed by atoms with E-state index in [-0.39, 0.29) is 25.2 Å². The number of carbonyl (C=O) groups excluding carboxylic acids is 1. The van der Waals surface area contributed by atoms with E-state index < -0.39 is 23.8 Å². The molecule has 0 aromatic rings. The fourth-order valence-electron chi connectivity index (χ4n) is 11.9. The molecule has 4 saturated carbocycles. The molecule has 5 fully saturated rings. The van der Waals surface area contributed by atoms with Gasteiger partial charge in [-0.1, -0.05) is 53.4 Å². The van der Waals surface area contributed by atoms with Crippen LogP contribution in [0.3, 0.4) is 0 Å². The maximum atomic E-state index is 14.0. The number of nitrogens with one attached hydrogen (secondary N) is 1. The van der Waals surface area contributed by atoms with Crippen molar-refractivity contribution in [1.29, 1.82) is 0 Å². The fraction of sp³-hybridized carbons (Fsp3) is 0.944. The van der Waals surface area contributed by atoms with E-state index in [0.29, 0.717) is 47.8 Å². The maximum absolute atomic E-state index is 14.0. The lowest BCUT2D eigenvalue weighted by molar-refractivity contribution is -0.141. The van der Waals surface area contributed by atoms with Crippen molar-refractivity contribution in [3.05, 3.63) is 0 Å². The largest absolute Gasteiger partial charge is 0.465 e. The van der Waals surface area contributed by atoms with Crippen LogP contribution in [-0.2, 0) is 4.79 Å². The molecule has 0 radical (unpaired) electrons. The van der Waals surface area contributed by atoms with Crippen molar-refractivity contribution in [2.24, 2.45) is 46.3 Å². The topological polar surface area (TPSA) is 130 Å². The average Bonchev–Trinajstić information content (AvgIpc) is 3.54. The van der Waals surface area contributed by atoms with E-state index in [0.717, 1.165) is 56.3 Å². The first kappa shape index (κ1) is 34.0. The van der Waals surface area contributed by atoms with E-state index in [1.165, 1.54) is 49.8 Å². The number of amides is 2. The normalized spacial score (nSPS) is 42.1. The van der Waals surface area contributed by atoms with Gasteiger partial charge in [-0.25, -0.2) is 4.79 Å². The Bertz CT molecular complexity index is 1020. The van der Waals surface area contributed by atoms with Gasteiger partial charge >= 0.3 is 6.09 Å². The molecule has 5 rings (SSSR count). The molecule has 0 spiro atoms. The predicted octanol–water partition coefficient (Wildman–Crippen LogP) is 5.96. The maximum Gasteiger partial charge on any atom is 0.405 e. The second-order valence-corrected chi connectivity index (χ2v) is 16.5. The molecule has 0 bridgehead atoms. The Morgan fingerprint density at radius 1 is 0.932 bits per heavy atom. The Balaban J connectivity index is 1.26. The lowest BCUT2D eigenvalue weighted by atomic mass is 9.44. The first-order valence-corrected chi connectivity index (χ1v) is 18.2. The minimum atomic E-state index is -1.24. The van der Waals surface area contributed by atoms with Crippen molar-refractivity contribution in [2.75, 3.05) is 13.2 Å². The minimum absolute atomic E-state index is 0.102. The summed E-state index contributed by atoms with van der Waals surface area (Å²) in [6, 6.07) is -0.477. The first-order valence-electron chi connectivity index (χ1n) is 18.2. The molecule has 3 unspecified atom stereocenters. The number of hydrogen-bond donors (Lipinski definition) is 5. The zero-order valence-corrected chi connectivity index (χ0v) is 28.0. The SMILES string of the molecule is CCCCC(CCC[C@@H](C)[C@H]1CC[C@H]2[C@@H]3CC[C@@H]4C[C@H](O)CC[C@]4(C)[C@H]3CC[C@]12C)(NC(=O)O)C(=O)N1CC(O)CC1CO. The molecular weight excluding hydrogens is 556 g/mol. The zero-order valence-electron chi connectivity index (χ0n) is 28.0. The molecule has 4 aliphatic carbocycles. The van der Waals surface area contributed by atoms with Gasteiger partial charge in [0.25, 0.3) is 0 Å². The molecule has 5 aliphatic rings. The van der Waals surface area contributed by atoms with E-state index in [9.17, 15) is 30.0 Å². The fourth-order valence-corrected chi connectivity index (χ4v) is 11.9. The summed E-state index contributed by atoms with van der Waals surface area (Å²) in [6.45, 7) is 9.48. The van der Waals surface area contributed by atoms with E-state index >= 15 is 0 Å². The third-order valence-electron chi connectivity index (χ3n) is 14.2. The van der Waals surface area contributed by atoms with E-state index in [1.807, 2.05) is 6.92 Å². The quantitative estimate of drug-likeness (QED) is 0.194. The highest BCUT2D eigenvalue weighted by Crippen LogP contribution is 2.68. The Morgan fingerprint density at radius 3 is 2.34 bits per heavy atom. The van der Waals surface area contributed by atoms with Crippen molar-refractivity contribution in [3.8, 4) is 0 Å². The lowest BCUT2D eigenvalue weighted by Gasteiger charge is -2.61. The van der Waals surface area contributed by atoms with Gasteiger partial charge in [-0.2, -0.15) is 0 Å². The molecule has 1 aliphatic heterocycles. The third kappa shape index (κ3) is 6.17. The van der Waals surface area contributed by atoms with Crippen molar-refractivity contribution in [1.82, 2.24) is 10.2 Å². The van der Waals surface area contributed by atoms with E-state index in [4.69, 9.17) is 0 Å². The molecule has 0 aromatic heterocycles. The summed E-state index contributed by atoms with van der Waals surface area (Å²) < 4.78 is 0. The van der Waals surface area contributed by atoms with Crippen LogP contribution in [0.2, 0.25) is 0 Å². The standard InChI is InChI=1S/C36H62N2O6/c1-5-6-15-36(37-33(43)44,32(42)38-21-27(41)20-25(38)22-39)16-7-8-23(2)29-11-12-30-28-10-9-24-19-26(40)13-17-34(24,3)31(28)14-18-35(29,30)4/h23-31,37,39-41H,5-22H2,1-4H3,(H,43,44)/t23-,24-,25?,26-,27?,28+,29-,30+,31+,34+,35-,36?/m1/s1. The molecule has 44 heavy (non-hydrogen) atoms. The number of carboxylic acid groups (broad SMARTS) is 1. The first-order chi connectivity index (χ1) is 20.9. The second-order valence-electron chi connectivity index (χ2n) is 16.5. The predicted molar refractivity (Wildman–Crippen MR) is 171 cm³/mol. The Hall–Kier alpha value is -1.38. The second kappa shape index (κ2) is 13.4. The zero-order chi connectivity index (χ0) is 31.9. The van der Waals surface area contributed by atoms with Crippen LogP contribution in [0.5, 0.6) is 0 Å². The van der Waals surface area contributed by atoms with Gasteiger partial charge in [0.05, 0.1) is 24.9 Å². The smallest absolute Gasteiger partial charge is 0.405 e. The van der Waals surface area contributed by atoms with Crippen LogP contribution in [0.25, 0.3) is 0 Å². The number of aliphatic hydroxyl groups is 3. The van der Waals surface area contributed by atoms with Crippen molar-refractivity contribution in [2.45, 2.75) is 154 Å². The molecule has 1 saturated heterocycles. The number of β-amino-alcohol motifs (C(OH)–C–C–N with tert-alkyl or cyclic N) is 1. The number of rotatable bonds is 11. The molecule has 8 nitrogen and oxygen atoms in total. The van der Waals surface area contributed by atoms with Gasteiger partial charge in [0, 0.05) is 6.54 Å². The van der Waals surface area contributed by atoms with Gasteiger partial charge < -0.3 is 30.6 Å². The van der Waals surface area contributed by atoms with Crippen LogP contribution in [0, 0.1) is 46.3 Å². The highest BCUT2D eigenvalue weighted by atomic mass is 16.4. The molecular formula is C36H62N2O6. The molecule has 1 heterocycles. The molecule has 8 heteroatoms.